The van der Waals surface area contributed by atoms with Gasteiger partial charge in [-0.1, -0.05) is 6.42 Å². The number of likely N-dealkylation sites (tertiary alicyclic amines) is 1. The summed E-state index contributed by atoms with van der Waals surface area (Å²) in [5.41, 5.74) is 0. The first-order chi connectivity index (χ1) is 8.65. The summed E-state index contributed by atoms with van der Waals surface area (Å²) in [5.74, 6) is 1.36. The largest absolute Gasteiger partial charge is 0.480 e. The molecule has 2 saturated carbocycles. The maximum atomic E-state index is 12.3. The van der Waals surface area contributed by atoms with Crippen LogP contribution in [0.3, 0.4) is 0 Å². The van der Waals surface area contributed by atoms with Gasteiger partial charge in [-0.25, -0.2) is 4.79 Å². The molecule has 0 radical (unpaired) electrons. The molecular formula is C14H21NO3. The minimum atomic E-state index is -0.839. The molecule has 1 aliphatic heterocycles. The second-order valence-corrected chi connectivity index (χ2v) is 6.22. The number of carboxylic acids is 1. The number of carbonyl (C=O) groups is 2. The predicted octanol–water partition coefficient (Wildman–Crippen LogP) is 1.89. The third-order valence-corrected chi connectivity index (χ3v) is 5.18. The van der Waals surface area contributed by atoms with Crippen LogP contribution in [-0.4, -0.2) is 34.5 Å². The summed E-state index contributed by atoms with van der Waals surface area (Å²) in [5, 5.41) is 9.10. The Morgan fingerprint density at radius 3 is 2.61 bits per heavy atom. The lowest BCUT2D eigenvalue weighted by atomic mass is 9.86. The molecule has 100 valence electrons. The Kier molecular flexibility index (Phi) is 3.04. The Labute approximate surface area is 107 Å². The fourth-order valence-corrected chi connectivity index (χ4v) is 4.29. The van der Waals surface area contributed by atoms with Gasteiger partial charge in [-0.15, -0.1) is 0 Å². The van der Waals surface area contributed by atoms with Gasteiger partial charge in [-0.3, -0.25) is 4.79 Å². The number of hydrogen-bond donors (Lipinski definition) is 1. The number of rotatable bonds is 3. The zero-order valence-corrected chi connectivity index (χ0v) is 10.7. The molecule has 18 heavy (non-hydrogen) atoms. The van der Waals surface area contributed by atoms with Crippen molar-refractivity contribution in [1.29, 1.82) is 0 Å². The molecule has 3 rings (SSSR count). The molecular weight excluding hydrogens is 230 g/mol. The van der Waals surface area contributed by atoms with Gasteiger partial charge in [-0.2, -0.15) is 0 Å². The molecule has 0 spiro atoms. The molecule has 4 heteroatoms. The summed E-state index contributed by atoms with van der Waals surface area (Å²) < 4.78 is 0. The number of aliphatic carboxylic acids is 1. The zero-order chi connectivity index (χ0) is 12.7. The second-order valence-electron chi connectivity index (χ2n) is 6.22. The Morgan fingerprint density at radius 2 is 2.00 bits per heavy atom. The van der Waals surface area contributed by atoms with Gasteiger partial charge < -0.3 is 10.0 Å². The van der Waals surface area contributed by atoms with Crippen molar-refractivity contribution in [3.8, 4) is 0 Å². The Bertz CT molecular complexity index is 368. The topological polar surface area (TPSA) is 57.6 Å². The first-order valence-electron chi connectivity index (χ1n) is 7.17. The van der Waals surface area contributed by atoms with Gasteiger partial charge in [0.15, 0.2) is 0 Å². The fraction of sp³-hybridized carbons (Fsp3) is 0.857. The van der Waals surface area contributed by atoms with E-state index in [1.165, 1.54) is 25.7 Å². The van der Waals surface area contributed by atoms with Crippen LogP contribution in [0.5, 0.6) is 0 Å². The summed E-state index contributed by atoms with van der Waals surface area (Å²) in [6, 6.07) is -0.559. The van der Waals surface area contributed by atoms with E-state index in [-0.39, 0.29) is 5.91 Å². The molecule has 2 aliphatic carbocycles. The normalized spacial score (nSPS) is 38.3. The molecule has 3 fully saturated rings. The van der Waals surface area contributed by atoms with Crippen molar-refractivity contribution in [3.05, 3.63) is 0 Å². The molecule has 4 nitrogen and oxygen atoms in total. The van der Waals surface area contributed by atoms with E-state index in [2.05, 4.69) is 0 Å². The van der Waals surface area contributed by atoms with Crippen LogP contribution in [-0.2, 0) is 9.59 Å². The first kappa shape index (κ1) is 12.0. The van der Waals surface area contributed by atoms with Crippen LogP contribution < -0.4 is 0 Å². The van der Waals surface area contributed by atoms with Crippen LogP contribution in [0.4, 0.5) is 0 Å². The molecule has 1 saturated heterocycles. The van der Waals surface area contributed by atoms with Crippen molar-refractivity contribution in [2.45, 2.75) is 51.0 Å². The highest BCUT2D eigenvalue weighted by atomic mass is 16.4. The lowest BCUT2D eigenvalue weighted by Gasteiger charge is -2.26. The molecule has 0 aromatic heterocycles. The third-order valence-electron chi connectivity index (χ3n) is 5.18. The Balaban J connectivity index is 1.59. The van der Waals surface area contributed by atoms with Crippen LogP contribution in [0.15, 0.2) is 0 Å². The quantitative estimate of drug-likeness (QED) is 0.833. The molecule has 0 aromatic carbocycles. The van der Waals surface area contributed by atoms with E-state index in [4.69, 9.17) is 5.11 Å². The minimum absolute atomic E-state index is 0.0810. The number of carbonyl (C=O) groups excluding carboxylic acids is 1. The van der Waals surface area contributed by atoms with Gasteiger partial charge in [0, 0.05) is 13.0 Å². The monoisotopic (exact) mass is 251 g/mol. The van der Waals surface area contributed by atoms with Crippen LogP contribution in [0, 0.1) is 17.8 Å². The van der Waals surface area contributed by atoms with Crippen LogP contribution in [0.1, 0.15) is 44.9 Å². The molecule has 1 heterocycles. The molecule has 2 bridgehead atoms. The number of fused-ring (bicyclic) bond motifs is 2. The van der Waals surface area contributed by atoms with E-state index in [0.717, 1.165) is 18.3 Å². The Hall–Kier alpha value is -1.06. The second kappa shape index (κ2) is 4.56. The number of hydrogen-bond acceptors (Lipinski definition) is 2. The summed E-state index contributed by atoms with van der Waals surface area (Å²) in [6.07, 6.45) is 7.17. The molecule has 1 N–H and O–H groups in total. The molecule has 0 aromatic rings. The van der Waals surface area contributed by atoms with Crippen molar-refractivity contribution in [2.75, 3.05) is 6.54 Å². The van der Waals surface area contributed by atoms with Crippen molar-refractivity contribution >= 4 is 11.9 Å². The van der Waals surface area contributed by atoms with Crippen LogP contribution in [0.2, 0.25) is 0 Å². The summed E-state index contributed by atoms with van der Waals surface area (Å²) in [7, 11) is 0. The lowest BCUT2D eigenvalue weighted by Crippen LogP contribution is -2.41. The standard InChI is InChI=1S/C14H21NO3/c16-13(15-5-1-2-12(15)14(17)18)8-11-7-9-3-4-10(11)6-9/h9-12H,1-8H2,(H,17,18)/t9?,10?,11?,12-/m1/s1. The maximum Gasteiger partial charge on any atom is 0.326 e. The van der Waals surface area contributed by atoms with Gasteiger partial charge in [0.25, 0.3) is 0 Å². The molecule has 1 amide bonds. The van der Waals surface area contributed by atoms with Crippen molar-refractivity contribution < 1.29 is 14.7 Å². The van der Waals surface area contributed by atoms with E-state index in [1.54, 1.807) is 4.90 Å². The summed E-state index contributed by atoms with van der Waals surface area (Å²) >= 11 is 0. The van der Waals surface area contributed by atoms with E-state index in [9.17, 15) is 9.59 Å². The summed E-state index contributed by atoms with van der Waals surface area (Å²) in [4.78, 5) is 24.9. The van der Waals surface area contributed by atoms with Gasteiger partial charge >= 0.3 is 5.97 Å². The highest BCUT2D eigenvalue weighted by Crippen LogP contribution is 2.49. The third kappa shape index (κ3) is 2.02. The average molecular weight is 251 g/mol. The molecule has 3 aliphatic rings. The minimum Gasteiger partial charge on any atom is -0.480 e. The smallest absolute Gasteiger partial charge is 0.326 e. The highest BCUT2D eigenvalue weighted by Gasteiger charge is 2.42. The van der Waals surface area contributed by atoms with Gasteiger partial charge in [0.1, 0.15) is 6.04 Å². The highest BCUT2D eigenvalue weighted by molar-refractivity contribution is 5.84. The number of carboxylic acid groups (broad SMARTS) is 1. The Morgan fingerprint density at radius 1 is 1.17 bits per heavy atom. The zero-order valence-electron chi connectivity index (χ0n) is 10.7. The van der Waals surface area contributed by atoms with Gasteiger partial charge in [-0.05, 0) is 49.9 Å². The van der Waals surface area contributed by atoms with Crippen molar-refractivity contribution in [3.63, 3.8) is 0 Å². The van der Waals surface area contributed by atoms with Crippen molar-refractivity contribution in [1.82, 2.24) is 4.90 Å². The average Bonchev–Trinajstić information content (AvgIpc) is 3.04. The SMILES string of the molecule is O=C(O)[C@H]1CCCN1C(=O)CC1CC2CCC1C2. The number of nitrogens with zero attached hydrogens (tertiary/aromatic N) is 1. The molecule has 3 unspecified atom stereocenters. The lowest BCUT2D eigenvalue weighted by molar-refractivity contribution is -0.148. The van der Waals surface area contributed by atoms with Gasteiger partial charge in [0.2, 0.25) is 5.91 Å². The van der Waals surface area contributed by atoms with Gasteiger partial charge in [0.05, 0.1) is 0 Å². The maximum absolute atomic E-state index is 12.3. The van der Waals surface area contributed by atoms with Crippen molar-refractivity contribution in [2.24, 2.45) is 17.8 Å². The van der Waals surface area contributed by atoms with E-state index >= 15 is 0 Å². The number of amides is 1. The van der Waals surface area contributed by atoms with Crippen LogP contribution in [0.25, 0.3) is 0 Å². The molecule has 4 atom stereocenters. The van der Waals surface area contributed by atoms with E-state index in [0.29, 0.717) is 25.3 Å². The fourth-order valence-electron chi connectivity index (χ4n) is 4.29. The summed E-state index contributed by atoms with van der Waals surface area (Å²) in [6.45, 7) is 0.636. The van der Waals surface area contributed by atoms with E-state index < -0.39 is 12.0 Å². The first-order valence-corrected chi connectivity index (χ1v) is 7.17. The van der Waals surface area contributed by atoms with Crippen LogP contribution >= 0.6 is 0 Å². The predicted molar refractivity (Wildman–Crippen MR) is 65.9 cm³/mol. The van der Waals surface area contributed by atoms with E-state index in [1.807, 2.05) is 0 Å².